The minimum absolute atomic E-state index is 0.120. The molecule has 6 nitrogen and oxygen atoms in total. The van der Waals surface area contributed by atoms with Gasteiger partial charge < -0.3 is 18.4 Å². The van der Waals surface area contributed by atoms with E-state index in [2.05, 4.69) is 4.18 Å². The van der Waals surface area contributed by atoms with Crippen LogP contribution in [0.3, 0.4) is 0 Å². The first-order valence-corrected chi connectivity index (χ1v) is 10.5. The molecule has 1 aromatic carbocycles. The summed E-state index contributed by atoms with van der Waals surface area (Å²) in [7, 11) is -4.21. The summed E-state index contributed by atoms with van der Waals surface area (Å²) < 4.78 is 75.9. The number of aliphatic hydroxyl groups excluding tert-OH is 1. The van der Waals surface area contributed by atoms with Gasteiger partial charge in [0.2, 0.25) is 0 Å². The first-order chi connectivity index (χ1) is 13.9. The minimum atomic E-state index is -5.80. The number of ether oxygens (including phenoxy) is 1. The molecule has 2 atom stereocenters. The van der Waals surface area contributed by atoms with Gasteiger partial charge in [-0.3, -0.25) is 0 Å². The minimum Gasteiger partial charge on any atom is -0.460 e. The molecule has 0 fully saturated rings. The molecule has 0 aliphatic heterocycles. The number of rotatable bonds is 3. The van der Waals surface area contributed by atoms with Gasteiger partial charge >= 0.3 is 15.6 Å². The van der Waals surface area contributed by atoms with Gasteiger partial charge in [0.1, 0.15) is 23.2 Å². The van der Waals surface area contributed by atoms with Crippen molar-refractivity contribution in [2.75, 3.05) is 7.11 Å². The Morgan fingerprint density at radius 1 is 1.27 bits per heavy atom. The molecule has 1 N–H and O–H groups in total. The molecule has 4 rings (SSSR count). The summed E-state index contributed by atoms with van der Waals surface area (Å²) in [4.78, 5) is 0. The largest absolute Gasteiger partial charge is 0.534 e. The fourth-order valence-corrected chi connectivity index (χ4v) is 4.54. The molecule has 0 saturated heterocycles. The van der Waals surface area contributed by atoms with E-state index in [0.29, 0.717) is 23.1 Å². The van der Waals surface area contributed by atoms with Crippen molar-refractivity contribution in [2.24, 2.45) is 0 Å². The van der Waals surface area contributed by atoms with Crippen molar-refractivity contribution in [1.82, 2.24) is 0 Å². The van der Waals surface area contributed by atoms with Crippen LogP contribution in [0.5, 0.6) is 5.75 Å². The molecule has 10 heteroatoms. The molecule has 2 aliphatic rings. The smallest absolute Gasteiger partial charge is 0.460 e. The van der Waals surface area contributed by atoms with E-state index in [0.717, 1.165) is 23.3 Å². The maximum Gasteiger partial charge on any atom is 0.534 e. The van der Waals surface area contributed by atoms with Crippen molar-refractivity contribution in [1.29, 1.82) is 0 Å². The molecule has 2 aliphatic carbocycles. The predicted octanol–water partition coefficient (Wildman–Crippen LogP) is 4.26. The summed E-state index contributed by atoms with van der Waals surface area (Å²) in [6.45, 7) is 3.85. The predicted molar refractivity (Wildman–Crippen MR) is 101 cm³/mol. The van der Waals surface area contributed by atoms with Gasteiger partial charge in [-0.15, -0.1) is 0 Å². The number of furan rings is 1. The Morgan fingerprint density at radius 3 is 2.60 bits per heavy atom. The van der Waals surface area contributed by atoms with Crippen LogP contribution in [0.15, 0.2) is 45.9 Å². The molecule has 30 heavy (non-hydrogen) atoms. The summed E-state index contributed by atoms with van der Waals surface area (Å²) in [6.07, 6.45) is 3.09. The van der Waals surface area contributed by atoms with Crippen LogP contribution >= 0.6 is 0 Å². The molecule has 1 aromatic heterocycles. The number of benzene rings is 1. The fraction of sp³-hybridized carbons (Fsp3) is 0.400. The van der Waals surface area contributed by atoms with Crippen molar-refractivity contribution in [3.8, 4) is 5.75 Å². The van der Waals surface area contributed by atoms with Crippen molar-refractivity contribution >= 4 is 21.1 Å². The first kappa shape index (κ1) is 21.0. The van der Waals surface area contributed by atoms with E-state index < -0.39 is 32.9 Å². The van der Waals surface area contributed by atoms with Crippen LogP contribution in [0, 0.1) is 0 Å². The molecule has 2 unspecified atom stereocenters. The molecule has 2 aromatic rings. The number of hydrogen-bond acceptors (Lipinski definition) is 6. The topological polar surface area (TPSA) is 86.0 Å². The molecule has 0 saturated carbocycles. The quantitative estimate of drug-likeness (QED) is 0.563. The third kappa shape index (κ3) is 3.05. The summed E-state index contributed by atoms with van der Waals surface area (Å²) in [5, 5.41) is 11.5. The number of methoxy groups -OCH3 is 1. The second-order valence-electron chi connectivity index (χ2n) is 7.78. The Balaban J connectivity index is 1.81. The van der Waals surface area contributed by atoms with Crippen molar-refractivity contribution < 1.29 is 40.0 Å². The van der Waals surface area contributed by atoms with E-state index in [-0.39, 0.29) is 11.7 Å². The lowest BCUT2D eigenvalue weighted by molar-refractivity contribution is -0.0500. The lowest BCUT2D eigenvalue weighted by Gasteiger charge is -2.38. The summed E-state index contributed by atoms with van der Waals surface area (Å²) in [5.74, 6) is -0.0694. The van der Waals surface area contributed by atoms with Gasteiger partial charge in [-0.2, -0.15) is 21.6 Å². The maximum absolute atomic E-state index is 12.6. The average molecular weight is 444 g/mol. The SMILES string of the molecule is COC1C=CC2=C(C1)C(C)(C)c1oc3cc(OS(=O)(=O)C(F)(F)F)ccc3c1C2O. The van der Waals surface area contributed by atoms with E-state index in [1.807, 2.05) is 26.0 Å². The van der Waals surface area contributed by atoms with Gasteiger partial charge in [-0.1, -0.05) is 12.2 Å². The second kappa shape index (κ2) is 6.60. The number of alkyl halides is 3. The summed E-state index contributed by atoms with van der Waals surface area (Å²) in [6, 6.07) is 3.56. The second-order valence-corrected chi connectivity index (χ2v) is 9.32. The zero-order valence-corrected chi connectivity index (χ0v) is 17.1. The van der Waals surface area contributed by atoms with Gasteiger partial charge in [0.05, 0.1) is 6.10 Å². The van der Waals surface area contributed by atoms with Crippen LogP contribution in [0.1, 0.15) is 37.7 Å². The van der Waals surface area contributed by atoms with E-state index in [4.69, 9.17) is 9.15 Å². The van der Waals surface area contributed by atoms with Gasteiger partial charge in [-0.25, -0.2) is 0 Å². The van der Waals surface area contributed by atoms with Gasteiger partial charge in [0, 0.05) is 29.5 Å². The van der Waals surface area contributed by atoms with Crippen molar-refractivity contribution in [3.63, 3.8) is 0 Å². The van der Waals surface area contributed by atoms with E-state index in [1.165, 1.54) is 6.07 Å². The summed E-state index contributed by atoms with van der Waals surface area (Å²) >= 11 is 0. The standard InChI is InChI=1S/C20H19F3O6S/c1-19(2)14-8-10(27-3)4-6-12(14)17(24)16-13-7-5-11(9-15(13)28-18(16)19)29-30(25,26)20(21,22)23/h4-7,9-10,17,24H,8H2,1-3H3. The van der Waals surface area contributed by atoms with E-state index in [9.17, 15) is 26.7 Å². The van der Waals surface area contributed by atoms with Crippen molar-refractivity contribution in [3.05, 3.63) is 52.8 Å². The Morgan fingerprint density at radius 2 is 1.97 bits per heavy atom. The monoisotopic (exact) mass is 444 g/mol. The maximum atomic E-state index is 12.6. The Bertz CT molecular complexity index is 1190. The van der Waals surface area contributed by atoms with Crippen LogP contribution in [0.25, 0.3) is 11.0 Å². The lowest BCUT2D eigenvalue weighted by atomic mass is 9.68. The highest BCUT2D eigenvalue weighted by Crippen LogP contribution is 2.52. The van der Waals surface area contributed by atoms with Crippen LogP contribution in [0.4, 0.5) is 13.2 Å². The summed E-state index contributed by atoms with van der Waals surface area (Å²) in [5.41, 5.74) is -3.89. The zero-order valence-electron chi connectivity index (χ0n) is 16.3. The number of aliphatic hydroxyl groups is 1. The molecule has 0 spiro atoms. The first-order valence-electron chi connectivity index (χ1n) is 9.07. The lowest BCUT2D eigenvalue weighted by Crippen LogP contribution is -2.32. The normalized spacial score (nSPS) is 23.4. The number of hydrogen-bond donors (Lipinski definition) is 1. The van der Waals surface area contributed by atoms with Crippen molar-refractivity contribution in [2.45, 2.75) is 43.4 Å². The molecule has 0 radical (unpaired) electrons. The Hall–Kier alpha value is -2.30. The molecule has 162 valence electrons. The number of fused-ring (bicyclic) bond motifs is 3. The third-order valence-electron chi connectivity index (χ3n) is 5.63. The van der Waals surface area contributed by atoms with Crippen LogP contribution in [0.2, 0.25) is 0 Å². The molecule has 0 amide bonds. The van der Waals surface area contributed by atoms with E-state index >= 15 is 0 Å². The highest BCUT2D eigenvalue weighted by molar-refractivity contribution is 7.88. The third-order valence-corrected chi connectivity index (χ3v) is 6.61. The Kier molecular flexibility index (Phi) is 4.61. The van der Waals surface area contributed by atoms with E-state index in [1.54, 1.807) is 7.11 Å². The zero-order chi connectivity index (χ0) is 22.1. The number of halogens is 3. The highest BCUT2D eigenvalue weighted by Gasteiger charge is 2.49. The van der Waals surface area contributed by atoms with Crippen LogP contribution in [-0.4, -0.2) is 32.2 Å². The van der Waals surface area contributed by atoms with Crippen LogP contribution in [-0.2, 0) is 20.3 Å². The van der Waals surface area contributed by atoms with Gasteiger partial charge in [0.15, 0.2) is 0 Å². The van der Waals surface area contributed by atoms with Gasteiger partial charge in [0.25, 0.3) is 0 Å². The molecular formula is C20H19F3O6S. The average Bonchev–Trinajstić information content (AvgIpc) is 3.04. The molecular weight excluding hydrogens is 425 g/mol. The fourth-order valence-electron chi connectivity index (χ4n) is 4.08. The molecule has 0 bridgehead atoms. The highest BCUT2D eigenvalue weighted by atomic mass is 32.2. The van der Waals surface area contributed by atoms with Gasteiger partial charge in [-0.05, 0) is 43.5 Å². The Labute approximate surface area is 170 Å². The van der Waals surface area contributed by atoms with Crippen LogP contribution < -0.4 is 4.18 Å². The molecule has 1 heterocycles.